The molecule has 1 aromatic heterocycles. The molecule has 0 spiro atoms. The van der Waals surface area contributed by atoms with Crippen LogP contribution in [0.4, 0.5) is 0 Å². The van der Waals surface area contributed by atoms with Crippen LogP contribution in [0.3, 0.4) is 0 Å². The van der Waals surface area contributed by atoms with Crippen LogP contribution < -0.4 is 10.5 Å². The van der Waals surface area contributed by atoms with Crippen molar-refractivity contribution in [2.24, 2.45) is 5.73 Å². The molecule has 138 valence electrons. The minimum absolute atomic E-state index is 0.587. The van der Waals surface area contributed by atoms with Crippen molar-refractivity contribution in [2.45, 2.75) is 26.8 Å². The number of imidazole rings is 1. The molecule has 0 amide bonds. The van der Waals surface area contributed by atoms with Crippen LogP contribution in [-0.4, -0.2) is 22.7 Å². The van der Waals surface area contributed by atoms with Gasteiger partial charge in [-0.2, -0.15) is 0 Å². The van der Waals surface area contributed by atoms with Gasteiger partial charge in [0.25, 0.3) is 0 Å². The van der Waals surface area contributed by atoms with E-state index in [1.165, 1.54) is 16.5 Å². The maximum absolute atomic E-state index is 6.15. The van der Waals surface area contributed by atoms with Gasteiger partial charge in [-0.3, -0.25) is 0 Å². The quantitative estimate of drug-likeness (QED) is 0.556. The molecule has 0 fully saturated rings. The lowest BCUT2D eigenvalue weighted by atomic mass is 10.1. The van der Waals surface area contributed by atoms with Crippen molar-refractivity contribution < 1.29 is 4.74 Å². The second kappa shape index (κ2) is 7.41. The molecule has 3 aromatic carbocycles. The Morgan fingerprint density at radius 3 is 2.63 bits per heavy atom. The number of hydrogen-bond acceptors (Lipinski definition) is 3. The van der Waals surface area contributed by atoms with Gasteiger partial charge in [0, 0.05) is 11.8 Å². The van der Waals surface area contributed by atoms with E-state index < -0.39 is 0 Å². The van der Waals surface area contributed by atoms with Gasteiger partial charge in [-0.25, -0.2) is 4.98 Å². The molecular formula is C23H25N3O. The van der Waals surface area contributed by atoms with Gasteiger partial charge in [0.1, 0.15) is 18.2 Å². The summed E-state index contributed by atoms with van der Waals surface area (Å²) in [4.78, 5) is 4.81. The number of fused-ring (bicyclic) bond motifs is 2. The molecule has 4 nitrogen and oxygen atoms in total. The molecule has 0 saturated carbocycles. The molecule has 0 aliphatic rings. The first-order chi connectivity index (χ1) is 13.2. The molecule has 0 atom stereocenters. The summed E-state index contributed by atoms with van der Waals surface area (Å²) in [6.45, 7) is 6.19. The van der Waals surface area contributed by atoms with Crippen molar-refractivity contribution in [1.29, 1.82) is 0 Å². The molecule has 2 N–H and O–H groups in total. The molecule has 1 heterocycles. The lowest BCUT2D eigenvalue weighted by Gasteiger charge is -2.12. The van der Waals surface area contributed by atoms with Crippen molar-refractivity contribution in [2.75, 3.05) is 13.2 Å². The van der Waals surface area contributed by atoms with Crippen LogP contribution in [0.25, 0.3) is 21.8 Å². The smallest absolute Gasteiger partial charge is 0.127 e. The third-order valence-corrected chi connectivity index (χ3v) is 5.13. The van der Waals surface area contributed by atoms with Crippen molar-refractivity contribution in [3.05, 3.63) is 71.5 Å². The second-order valence-electron chi connectivity index (χ2n) is 6.97. The van der Waals surface area contributed by atoms with Crippen LogP contribution >= 0.6 is 0 Å². The number of rotatable bonds is 6. The molecule has 0 radical (unpaired) electrons. The van der Waals surface area contributed by atoms with Crippen molar-refractivity contribution >= 4 is 21.8 Å². The Balaban J connectivity index is 1.61. The lowest BCUT2D eigenvalue weighted by molar-refractivity contribution is 0.301. The maximum atomic E-state index is 6.15. The van der Waals surface area contributed by atoms with Crippen LogP contribution in [0.1, 0.15) is 17.0 Å². The first kappa shape index (κ1) is 17.6. The third-order valence-electron chi connectivity index (χ3n) is 5.13. The van der Waals surface area contributed by atoms with E-state index in [2.05, 4.69) is 48.7 Å². The van der Waals surface area contributed by atoms with Gasteiger partial charge in [-0.15, -0.1) is 0 Å². The van der Waals surface area contributed by atoms with Gasteiger partial charge in [0.15, 0.2) is 0 Å². The van der Waals surface area contributed by atoms with Crippen LogP contribution in [-0.2, 0) is 13.0 Å². The van der Waals surface area contributed by atoms with E-state index in [-0.39, 0.29) is 0 Å². The minimum Gasteiger partial charge on any atom is -0.491 e. The van der Waals surface area contributed by atoms with Crippen LogP contribution in [0.15, 0.2) is 54.6 Å². The van der Waals surface area contributed by atoms with Crippen molar-refractivity contribution in [3.63, 3.8) is 0 Å². The van der Waals surface area contributed by atoms with E-state index >= 15 is 0 Å². The van der Waals surface area contributed by atoms with Crippen molar-refractivity contribution in [3.8, 4) is 5.75 Å². The highest BCUT2D eigenvalue weighted by atomic mass is 16.5. The molecule has 0 saturated heterocycles. The third kappa shape index (κ3) is 3.40. The Bertz CT molecular complexity index is 1090. The Morgan fingerprint density at radius 1 is 1.00 bits per heavy atom. The Labute approximate surface area is 159 Å². The fourth-order valence-electron chi connectivity index (χ4n) is 3.57. The number of hydrogen-bond donors (Lipinski definition) is 1. The summed E-state index contributed by atoms with van der Waals surface area (Å²) in [7, 11) is 0. The zero-order valence-corrected chi connectivity index (χ0v) is 15.9. The largest absolute Gasteiger partial charge is 0.491 e. The summed E-state index contributed by atoms with van der Waals surface area (Å²) >= 11 is 0. The molecule has 27 heavy (non-hydrogen) atoms. The number of nitrogens with two attached hydrogens (primary N) is 1. The summed E-state index contributed by atoms with van der Waals surface area (Å²) in [6, 6.07) is 18.9. The van der Waals surface area contributed by atoms with Gasteiger partial charge in [0.2, 0.25) is 0 Å². The first-order valence-corrected chi connectivity index (χ1v) is 9.44. The normalized spacial score (nSPS) is 11.4. The van der Waals surface area contributed by atoms with E-state index in [0.29, 0.717) is 13.2 Å². The number of aromatic nitrogens is 2. The molecule has 0 bridgehead atoms. The zero-order valence-electron chi connectivity index (χ0n) is 15.9. The van der Waals surface area contributed by atoms with Crippen molar-refractivity contribution in [1.82, 2.24) is 9.55 Å². The molecule has 0 aliphatic heterocycles. The van der Waals surface area contributed by atoms with E-state index in [0.717, 1.165) is 41.0 Å². The topological polar surface area (TPSA) is 53.1 Å². The molecule has 4 rings (SSSR count). The minimum atomic E-state index is 0.587. The molecule has 0 unspecified atom stereocenters. The predicted octanol–water partition coefficient (Wildman–Crippen LogP) is 4.39. The van der Waals surface area contributed by atoms with E-state index in [4.69, 9.17) is 15.5 Å². The predicted molar refractivity (Wildman–Crippen MR) is 111 cm³/mol. The zero-order chi connectivity index (χ0) is 18.8. The number of benzene rings is 3. The molecular weight excluding hydrogens is 334 g/mol. The van der Waals surface area contributed by atoms with Gasteiger partial charge >= 0.3 is 0 Å². The van der Waals surface area contributed by atoms with Crippen LogP contribution in [0, 0.1) is 13.8 Å². The molecule has 4 heteroatoms. The Hall–Kier alpha value is -2.85. The summed E-state index contributed by atoms with van der Waals surface area (Å²) in [5, 5.41) is 2.34. The highest BCUT2D eigenvalue weighted by Crippen LogP contribution is 2.26. The second-order valence-corrected chi connectivity index (χ2v) is 6.97. The van der Waals surface area contributed by atoms with Gasteiger partial charge < -0.3 is 15.0 Å². The van der Waals surface area contributed by atoms with Crippen LogP contribution in [0.5, 0.6) is 5.75 Å². The fraction of sp³-hybridized carbons (Fsp3) is 0.261. The summed E-state index contributed by atoms with van der Waals surface area (Å²) < 4.78 is 8.40. The first-order valence-electron chi connectivity index (χ1n) is 9.44. The number of aryl methyl sites for hydroxylation is 2. The monoisotopic (exact) mass is 359 g/mol. The average Bonchev–Trinajstić information content (AvgIpc) is 2.99. The van der Waals surface area contributed by atoms with E-state index in [1.807, 2.05) is 24.3 Å². The van der Waals surface area contributed by atoms with E-state index in [9.17, 15) is 0 Å². The average molecular weight is 359 g/mol. The molecule has 4 aromatic rings. The maximum Gasteiger partial charge on any atom is 0.127 e. The fourth-order valence-corrected chi connectivity index (χ4v) is 3.57. The Kier molecular flexibility index (Phi) is 4.82. The summed E-state index contributed by atoms with van der Waals surface area (Å²) in [5.74, 6) is 1.95. The van der Waals surface area contributed by atoms with Crippen LogP contribution in [0.2, 0.25) is 0 Å². The number of nitrogens with zero attached hydrogens (tertiary/aromatic N) is 2. The highest BCUT2D eigenvalue weighted by molar-refractivity contribution is 5.88. The van der Waals surface area contributed by atoms with E-state index in [1.54, 1.807) is 0 Å². The highest BCUT2D eigenvalue weighted by Gasteiger charge is 2.12. The molecule has 0 aliphatic carbocycles. The van der Waals surface area contributed by atoms with Gasteiger partial charge in [0.05, 0.1) is 17.6 Å². The summed E-state index contributed by atoms with van der Waals surface area (Å²) in [6.07, 6.45) is 0.765. The lowest BCUT2D eigenvalue weighted by Crippen LogP contribution is -2.14. The summed E-state index contributed by atoms with van der Waals surface area (Å²) in [5.41, 5.74) is 10.5. The standard InChI is InChI=1S/C23H25N3O/c1-16-14-20-21(15-17(16)2)26(23(25-20)10-11-24)12-13-27-22-9-5-7-18-6-3-4-8-19(18)22/h3-9,14-15H,10-13,24H2,1-2H3. The number of ether oxygens (including phenoxy) is 1. The van der Waals surface area contributed by atoms with Gasteiger partial charge in [-0.1, -0.05) is 36.4 Å². The van der Waals surface area contributed by atoms with Gasteiger partial charge in [-0.05, 0) is 55.1 Å². The SMILES string of the molecule is Cc1cc2nc(CCN)n(CCOc3cccc4ccccc34)c2cc1C. The Morgan fingerprint density at radius 2 is 1.78 bits per heavy atom.